The van der Waals surface area contributed by atoms with Crippen LogP contribution in [0.15, 0.2) is 42.5 Å². The Balaban J connectivity index is 1.54. The van der Waals surface area contributed by atoms with Crippen molar-refractivity contribution in [2.45, 2.75) is 38.3 Å². The third kappa shape index (κ3) is 2.34. The van der Waals surface area contributed by atoms with Crippen molar-refractivity contribution in [2.24, 2.45) is 0 Å². The van der Waals surface area contributed by atoms with Crippen molar-refractivity contribution < 1.29 is 0 Å². The Labute approximate surface area is 126 Å². The van der Waals surface area contributed by atoms with Crippen LogP contribution in [0.5, 0.6) is 0 Å². The van der Waals surface area contributed by atoms with Crippen LogP contribution in [0.25, 0.3) is 0 Å². The first kappa shape index (κ1) is 12.9. The zero-order chi connectivity index (χ0) is 14.2. The predicted molar refractivity (Wildman–Crippen MR) is 87.2 cm³/mol. The summed E-state index contributed by atoms with van der Waals surface area (Å²) in [5.41, 5.74) is 13.0. The van der Waals surface area contributed by atoms with Gasteiger partial charge >= 0.3 is 0 Å². The molecule has 1 aliphatic heterocycles. The Morgan fingerprint density at radius 1 is 0.905 bits per heavy atom. The Bertz CT molecular complexity index is 662. The highest BCUT2D eigenvalue weighted by atomic mass is 15.2. The molecule has 0 amide bonds. The van der Waals surface area contributed by atoms with E-state index in [1.165, 1.54) is 30.4 Å². The van der Waals surface area contributed by atoms with Gasteiger partial charge in [-0.2, -0.15) is 0 Å². The van der Waals surface area contributed by atoms with Gasteiger partial charge in [-0.1, -0.05) is 36.4 Å². The smallest absolute Gasteiger partial charge is 0.0350 e. The predicted octanol–water partition coefficient (Wildman–Crippen LogP) is 3.18. The fraction of sp³-hybridized carbons (Fsp3) is 0.368. The van der Waals surface area contributed by atoms with Gasteiger partial charge in [-0.25, -0.2) is 0 Å². The van der Waals surface area contributed by atoms with Crippen LogP contribution in [-0.2, 0) is 25.8 Å². The van der Waals surface area contributed by atoms with Gasteiger partial charge in [0.2, 0.25) is 0 Å². The van der Waals surface area contributed by atoms with Gasteiger partial charge in [-0.15, -0.1) is 0 Å². The Morgan fingerprint density at radius 2 is 1.71 bits per heavy atom. The van der Waals surface area contributed by atoms with E-state index < -0.39 is 0 Å². The molecular weight excluding hydrogens is 256 g/mol. The number of anilines is 1. The molecule has 0 bridgehead atoms. The molecule has 2 aliphatic rings. The topological polar surface area (TPSA) is 29.3 Å². The summed E-state index contributed by atoms with van der Waals surface area (Å²) >= 11 is 0. The Hall–Kier alpha value is -1.80. The molecule has 21 heavy (non-hydrogen) atoms. The highest BCUT2D eigenvalue weighted by Crippen LogP contribution is 2.30. The second kappa shape index (κ2) is 5.19. The molecule has 1 atom stereocenters. The minimum absolute atomic E-state index is 0.689. The average molecular weight is 278 g/mol. The van der Waals surface area contributed by atoms with Crippen LogP contribution in [-0.4, -0.2) is 17.5 Å². The highest BCUT2D eigenvalue weighted by molar-refractivity contribution is 5.52. The van der Waals surface area contributed by atoms with Crippen LogP contribution in [0.4, 0.5) is 5.69 Å². The molecule has 2 heteroatoms. The standard InChI is InChI=1S/C19H22N2/c20-19-7-3-6-16-13-21(11-10-18(16)19)17-9-8-14-4-1-2-5-15(14)12-17/h1-7,17H,8-13,20H2. The maximum absolute atomic E-state index is 6.11. The maximum atomic E-state index is 6.11. The van der Waals surface area contributed by atoms with Crippen molar-refractivity contribution in [1.29, 1.82) is 0 Å². The molecule has 1 heterocycles. The first-order valence-electron chi connectivity index (χ1n) is 7.98. The fourth-order valence-electron chi connectivity index (χ4n) is 3.96. The van der Waals surface area contributed by atoms with Crippen LogP contribution in [0.2, 0.25) is 0 Å². The van der Waals surface area contributed by atoms with Crippen LogP contribution < -0.4 is 5.73 Å². The lowest BCUT2D eigenvalue weighted by Crippen LogP contribution is -2.42. The summed E-state index contributed by atoms with van der Waals surface area (Å²) in [5, 5.41) is 0. The van der Waals surface area contributed by atoms with E-state index in [1.807, 2.05) is 6.07 Å². The van der Waals surface area contributed by atoms with Gasteiger partial charge in [0.05, 0.1) is 0 Å². The summed E-state index contributed by atoms with van der Waals surface area (Å²) in [6.45, 7) is 2.21. The third-order valence-corrected chi connectivity index (χ3v) is 5.17. The van der Waals surface area contributed by atoms with E-state index in [2.05, 4.69) is 41.3 Å². The molecule has 108 valence electrons. The van der Waals surface area contributed by atoms with Crippen molar-refractivity contribution in [3.8, 4) is 0 Å². The minimum Gasteiger partial charge on any atom is -0.398 e. The van der Waals surface area contributed by atoms with Gasteiger partial charge in [-0.05, 0) is 54.0 Å². The summed E-state index contributed by atoms with van der Waals surface area (Å²) in [6, 6.07) is 16.0. The SMILES string of the molecule is Nc1cccc2c1CCN(C1CCc3ccccc3C1)C2. The molecule has 0 saturated heterocycles. The van der Waals surface area contributed by atoms with E-state index in [-0.39, 0.29) is 0 Å². The van der Waals surface area contributed by atoms with Gasteiger partial charge in [-0.3, -0.25) is 4.90 Å². The third-order valence-electron chi connectivity index (χ3n) is 5.17. The molecule has 0 spiro atoms. The largest absolute Gasteiger partial charge is 0.398 e. The lowest BCUT2D eigenvalue weighted by atomic mass is 9.86. The summed E-state index contributed by atoms with van der Waals surface area (Å²) in [6.07, 6.45) is 4.81. The van der Waals surface area contributed by atoms with Gasteiger partial charge in [0, 0.05) is 24.8 Å². The van der Waals surface area contributed by atoms with E-state index in [9.17, 15) is 0 Å². The maximum Gasteiger partial charge on any atom is 0.0350 e. The van der Waals surface area contributed by atoms with E-state index in [0.29, 0.717) is 6.04 Å². The molecular formula is C19H22N2. The molecule has 0 aromatic heterocycles. The summed E-state index contributed by atoms with van der Waals surface area (Å²) < 4.78 is 0. The number of nitrogens with two attached hydrogens (primary N) is 1. The first-order chi connectivity index (χ1) is 10.3. The molecule has 2 aromatic carbocycles. The van der Waals surface area contributed by atoms with Crippen LogP contribution in [0.3, 0.4) is 0 Å². The van der Waals surface area contributed by atoms with Crippen molar-refractivity contribution in [3.63, 3.8) is 0 Å². The van der Waals surface area contributed by atoms with Gasteiger partial charge < -0.3 is 5.73 Å². The van der Waals surface area contributed by atoms with E-state index >= 15 is 0 Å². The fourth-order valence-corrected chi connectivity index (χ4v) is 3.96. The minimum atomic E-state index is 0.689. The number of rotatable bonds is 1. The Kier molecular flexibility index (Phi) is 3.19. The zero-order valence-electron chi connectivity index (χ0n) is 12.4. The number of nitrogens with zero attached hydrogens (tertiary/aromatic N) is 1. The number of aryl methyl sites for hydroxylation is 1. The number of nitrogen functional groups attached to an aromatic ring is 1. The number of benzene rings is 2. The van der Waals surface area contributed by atoms with E-state index in [4.69, 9.17) is 5.73 Å². The van der Waals surface area contributed by atoms with Crippen molar-refractivity contribution in [3.05, 3.63) is 64.7 Å². The summed E-state index contributed by atoms with van der Waals surface area (Å²) in [4.78, 5) is 2.66. The molecule has 2 aromatic rings. The molecule has 2 N–H and O–H groups in total. The monoisotopic (exact) mass is 278 g/mol. The first-order valence-corrected chi connectivity index (χ1v) is 7.98. The van der Waals surface area contributed by atoms with Crippen molar-refractivity contribution >= 4 is 5.69 Å². The summed E-state index contributed by atoms with van der Waals surface area (Å²) in [7, 11) is 0. The molecule has 1 aliphatic carbocycles. The average Bonchev–Trinajstić information content (AvgIpc) is 2.54. The second-order valence-corrected chi connectivity index (χ2v) is 6.37. The molecule has 0 saturated carbocycles. The molecule has 1 unspecified atom stereocenters. The van der Waals surface area contributed by atoms with E-state index in [0.717, 1.165) is 25.2 Å². The lowest BCUT2D eigenvalue weighted by Gasteiger charge is -2.38. The quantitative estimate of drug-likeness (QED) is 0.812. The lowest BCUT2D eigenvalue weighted by molar-refractivity contribution is 0.163. The normalized spacial score (nSPS) is 21.6. The Morgan fingerprint density at radius 3 is 2.62 bits per heavy atom. The van der Waals surface area contributed by atoms with Crippen molar-refractivity contribution in [1.82, 2.24) is 4.90 Å². The van der Waals surface area contributed by atoms with Crippen molar-refractivity contribution in [2.75, 3.05) is 12.3 Å². The second-order valence-electron chi connectivity index (χ2n) is 6.37. The van der Waals surface area contributed by atoms with Crippen LogP contribution in [0.1, 0.15) is 28.7 Å². The van der Waals surface area contributed by atoms with Crippen LogP contribution in [0, 0.1) is 0 Å². The zero-order valence-corrected chi connectivity index (χ0v) is 12.4. The number of hydrogen-bond acceptors (Lipinski definition) is 2. The highest BCUT2D eigenvalue weighted by Gasteiger charge is 2.27. The van der Waals surface area contributed by atoms with Crippen LogP contribution >= 0.6 is 0 Å². The molecule has 4 rings (SSSR count). The van der Waals surface area contributed by atoms with Gasteiger partial charge in [0.15, 0.2) is 0 Å². The number of fused-ring (bicyclic) bond motifs is 2. The number of hydrogen-bond donors (Lipinski definition) is 1. The molecule has 0 fully saturated rings. The molecule has 2 nitrogen and oxygen atoms in total. The molecule has 0 radical (unpaired) electrons. The van der Waals surface area contributed by atoms with Gasteiger partial charge in [0.1, 0.15) is 0 Å². The van der Waals surface area contributed by atoms with E-state index in [1.54, 1.807) is 11.1 Å². The van der Waals surface area contributed by atoms with Gasteiger partial charge in [0.25, 0.3) is 0 Å². The summed E-state index contributed by atoms with van der Waals surface area (Å²) in [5.74, 6) is 0.